The van der Waals surface area contributed by atoms with Gasteiger partial charge in [-0.3, -0.25) is 33.6 Å². The van der Waals surface area contributed by atoms with E-state index in [1.807, 2.05) is 5.32 Å². The number of aromatic nitrogens is 7. The molecule has 91 heavy (non-hydrogen) atoms. The molecule has 466 valence electrons. The number of fused-ring (bicyclic) bond motifs is 14. The van der Waals surface area contributed by atoms with Crippen LogP contribution in [0.25, 0.3) is 43.4 Å². The summed E-state index contributed by atoms with van der Waals surface area (Å²) in [5.74, 6) is -7.77. The summed E-state index contributed by atoms with van der Waals surface area (Å²) in [6, 6.07) is 13.1. The van der Waals surface area contributed by atoms with E-state index in [2.05, 4.69) is 59.7 Å². The largest absolute Gasteiger partial charge is 0.508 e. The molecule has 0 saturated carbocycles. The number of phenolic OH excluding ortho intramolecular Hbond substituents is 1. The number of primary amides is 1. The monoisotopic (exact) mass is 1340 g/mol. The van der Waals surface area contributed by atoms with Gasteiger partial charge in [-0.2, -0.15) is 0 Å². The number of phenols is 1. The number of aliphatic carboxylic acids is 1. The Hall–Kier alpha value is -9.67. The molecule has 0 aliphatic carbocycles. The molecule has 1 aliphatic heterocycles. The van der Waals surface area contributed by atoms with E-state index in [9.17, 15) is 53.7 Å². The molecule has 26 nitrogen and oxygen atoms in total. The molecule has 7 atom stereocenters. The maximum atomic E-state index is 14.8. The number of rotatable bonds is 14. The van der Waals surface area contributed by atoms with Crippen molar-refractivity contribution in [2.45, 2.75) is 70.0 Å². The standard InChI is InChI=1S/C59H52N14O12S6/c1-24(27(4)74)42-57-70-39(23-89-57)55-67-36(20-86-55)44-32(15-16-33(64-44)54-68-37(21-87-54)49(80)62-25(2)47(78)63-26(3)59(84)85)53-61-19-40(91-53)51(82)66-35(18-41(60)76)56-73-43(28(5)90-56)52(83)72-45(46(77)30-9-7-6-8-10-30)58-69-38(22-88-58)50(81)65-34(48(79)71-42)17-29-11-13-31(75)14-12-29/h6-16,19-24,27,34-35,42,45-46,74-75,77H,2-3,17-18H2,1,4-5H3,(H2,60,76)(H,62,80)(H,63,78)(H,65,81)(H,66,82)(H,71,79)(H,72,83)(H,84,85). The summed E-state index contributed by atoms with van der Waals surface area (Å²) in [4.78, 5) is 141. The highest BCUT2D eigenvalue weighted by Crippen LogP contribution is 2.40. The zero-order chi connectivity index (χ0) is 64.9. The molecule has 2 aromatic carbocycles. The lowest BCUT2D eigenvalue weighted by atomic mass is 9.96. The van der Waals surface area contributed by atoms with E-state index >= 15 is 0 Å². The van der Waals surface area contributed by atoms with Crippen LogP contribution in [-0.4, -0.2) is 115 Å². The molecule has 10 rings (SSSR count). The topological polar surface area (TPSA) is 406 Å². The molecule has 7 amide bonds. The summed E-state index contributed by atoms with van der Waals surface area (Å²) < 4.78 is 0. The van der Waals surface area contributed by atoms with E-state index in [0.29, 0.717) is 43.0 Å². The fraction of sp³-hybridized carbons (Fsp3) is 0.203. The smallest absolute Gasteiger partial charge is 0.351 e. The number of aromatic hydroxyl groups is 1. The third-order valence-corrected chi connectivity index (χ3v) is 19.7. The Kier molecular flexibility index (Phi) is 19.5. The third-order valence-electron chi connectivity index (χ3n) is 14.0. The van der Waals surface area contributed by atoms with Crippen molar-refractivity contribution >= 4 is 115 Å². The molecule has 32 heteroatoms. The summed E-state index contributed by atoms with van der Waals surface area (Å²) in [5, 5.41) is 65.9. The van der Waals surface area contributed by atoms with Crippen molar-refractivity contribution in [1.82, 2.24) is 66.8 Å². The lowest BCUT2D eigenvalue weighted by molar-refractivity contribution is -0.134. The van der Waals surface area contributed by atoms with Crippen LogP contribution in [0.2, 0.25) is 0 Å². The molecule has 0 radical (unpaired) electrons. The van der Waals surface area contributed by atoms with Crippen molar-refractivity contribution < 1.29 is 58.8 Å². The normalized spacial score (nSPS) is 17.2. The number of nitrogens with two attached hydrogens (primary N) is 1. The maximum Gasteiger partial charge on any atom is 0.351 e. The Morgan fingerprint density at radius 2 is 1.32 bits per heavy atom. The van der Waals surface area contributed by atoms with Crippen molar-refractivity contribution in [2.24, 2.45) is 11.7 Å². The van der Waals surface area contributed by atoms with E-state index in [1.165, 1.54) is 51.8 Å². The molecule has 12 N–H and O–H groups in total. The van der Waals surface area contributed by atoms with E-state index in [1.54, 1.807) is 86.1 Å². The average molecular weight is 1340 g/mol. The quantitative estimate of drug-likeness (QED) is 0.0515. The minimum atomic E-state index is -1.49. The number of amides is 7. The second-order valence-electron chi connectivity index (χ2n) is 20.5. The average Bonchev–Trinajstić information content (AvgIpc) is 1.72. The lowest BCUT2D eigenvalue weighted by Crippen LogP contribution is -2.50. The summed E-state index contributed by atoms with van der Waals surface area (Å²) in [6.45, 7) is 11.7. The van der Waals surface area contributed by atoms with Gasteiger partial charge < -0.3 is 58.1 Å². The van der Waals surface area contributed by atoms with Crippen LogP contribution in [0, 0.1) is 12.8 Å². The molecule has 7 unspecified atom stereocenters. The lowest BCUT2D eigenvalue weighted by Gasteiger charge is -2.28. The second kappa shape index (κ2) is 27.6. The number of hydrogen-bond donors (Lipinski definition) is 11. The number of thiazole rings is 6. The van der Waals surface area contributed by atoms with Crippen molar-refractivity contribution in [3.8, 4) is 49.1 Å². The molecule has 10 bridgehead atoms. The summed E-state index contributed by atoms with van der Waals surface area (Å²) in [5.41, 5.74) is 6.72. The highest BCUT2D eigenvalue weighted by atomic mass is 32.1. The van der Waals surface area contributed by atoms with Gasteiger partial charge in [-0.25, -0.2) is 39.7 Å². The molecule has 7 aromatic heterocycles. The number of aliphatic hydroxyl groups is 2. The van der Waals surface area contributed by atoms with Crippen molar-refractivity contribution in [1.29, 1.82) is 0 Å². The van der Waals surface area contributed by atoms with Crippen LogP contribution in [0.5, 0.6) is 5.75 Å². The number of aryl methyl sites for hydroxylation is 1. The minimum absolute atomic E-state index is 0.0301. The number of carbonyl (C=O) groups is 8. The Balaban J connectivity index is 1.05. The predicted molar refractivity (Wildman–Crippen MR) is 340 cm³/mol. The Morgan fingerprint density at radius 1 is 0.648 bits per heavy atom. The number of pyridine rings is 1. The van der Waals surface area contributed by atoms with Gasteiger partial charge in [0.1, 0.15) is 98.7 Å². The highest BCUT2D eigenvalue weighted by Gasteiger charge is 2.35. The van der Waals surface area contributed by atoms with Crippen LogP contribution in [0.1, 0.15) is 117 Å². The van der Waals surface area contributed by atoms with Gasteiger partial charge >= 0.3 is 5.97 Å². The number of nitrogens with zero attached hydrogens (tertiary/aromatic N) is 7. The van der Waals surface area contributed by atoms with Crippen molar-refractivity contribution in [3.05, 3.63) is 172 Å². The number of carbonyl (C=O) groups excluding carboxylic acids is 7. The minimum Gasteiger partial charge on any atom is -0.508 e. The van der Waals surface area contributed by atoms with Crippen LogP contribution < -0.4 is 37.6 Å². The number of carboxylic acids is 1. The molecule has 0 fully saturated rings. The molecule has 0 saturated heterocycles. The summed E-state index contributed by atoms with van der Waals surface area (Å²) in [6.07, 6.45) is -1.62. The van der Waals surface area contributed by atoms with Gasteiger partial charge in [-0.1, -0.05) is 62.5 Å². The first kappa shape index (κ1) is 64.3. The number of hydrogen-bond acceptors (Lipinski definition) is 24. The first-order valence-electron chi connectivity index (χ1n) is 27.2. The summed E-state index contributed by atoms with van der Waals surface area (Å²) in [7, 11) is 0. The molecule has 1 aliphatic rings. The maximum absolute atomic E-state index is 14.8. The van der Waals surface area contributed by atoms with E-state index in [4.69, 9.17) is 25.8 Å². The SMILES string of the molecule is C=C(NC(=O)C(=C)NC(=O)c1csc(-c2ccc3c(n2)-c2csc(n2)-c2csc(n2)C(C(C)C(C)O)NC(=O)C(Cc2ccc(O)cc2)NC(=O)c2csc(n2)C(C(O)c2ccccc2)NC(=O)c2nc(sc2C)C(CC(N)=O)NC(=O)c2cnc-3s2)n1)C(=O)O. The third kappa shape index (κ3) is 14.8. The molecule has 0 spiro atoms. The van der Waals surface area contributed by atoms with Gasteiger partial charge in [0.15, 0.2) is 0 Å². The zero-order valence-corrected chi connectivity index (χ0v) is 52.7. The number of nitrogens with one attached hydrogen (secondary N) is 6. The van der Waals surface area contributed by atoms with Gasteiger partial charge in [0.25, 0.3) is 29.5 Å². The van der Waals surface area contributed by atoms with Gasteiger partial charge in [0.2, 0.25) is 11.8 Å². The first-order chi connectivity index (χ1) is 43.5. The van der Waals surface area contributed by atoms with Crippen molar-refractivity contribution in [3.63, 3.8) is 0 Å². The second-order valence-corrected chi connectivity index (χ2v) is 26.2. The molecular weight excluding hydrogens is 1290 g/mol. The van der Waals surface area contributed by atoms with Crippen LogP contribution in [0.3, 0.4) is 0 Å². The zero-order valence-electron chi connectivity index (χ0n) is 47.8. The van der Waals surface area contributed by atoms with E-state index < -0.39 is 107 Å². The number of carboxylic acid groups (broad SMARTS) is 1. The van der Waals surface area contributed by atoms with E-state index in [0.717, 1.165) is 45.3 Å². The van der Waals surface area contributed by atoms with Gasteiger partial charge in [0.05, 0.1) is 42.2 Å². The van der Waals surface area contributed by atoms with Crippen LogP contribution >= 0.6 is 68.0 Å². The predicted octanol–water partition coefficient (Wildman–Crippen LogP) is 6.54. The Bertz CT molecular complexity index is 4330. The van der Waals surface area contributed by atoms with Crippen LogP contribution in [-0.2, 0) is 25.6 Å². The van der Waals surface area contributed by atoms with Crippen molar-refractivity contribution in [2.75, 3.05) is 0 Å². The molecular formula is C59H52N14O12S6. The number of aliphatic hydroxyl groups excluding tert-OH is 2. The number of benzene rings is 2. The Morgan fingerprint density at radius 3 is 2.03 bits per heavy atom. The van der Waals surface area contributed by atoms with Crippen LogP contribution in [0.15, 0.2) is 119 Å². The summed E-state index contributed by atoms with van der Waals surface area (Å²) >= 11 is 6.36. The van der Waals surface area contributed by atoms with Gasteiger partial charge in [-0.15, -0.1) is 68.0 Å². The molecule has 9 aromatic rings. The highest BCUT2D eigenvalue weighted by molar-refractivity contribution is 7.17. The van der Waals surface area contributed by atoms with Gasteiger partial charge in [0, 0.05) is 44.3 Å². The fourth-order valence-corrected chi connectivity index (χ4v) is 14.3. The van der Waals surface area contributed by atoms with Gasteiger partial charge in [-0.05, 0) is 49.2 Å². The van der Waals surface area contributed by atoms with E-state index in [-0.39, 0.29) is 65.5 Å². The fourth-order valence-electron chi connectivity index (χ4n) is 9.03. The Labute approximate surface area is 540 Å². The first-order valence-corrected chi connectivity index (χ1v) is 32.3. The van der Waals surface area contributed by atoms with Crippen LogP contribution in [0.4, 0.5) is 0 Å². The molecule has 8 heterocycles.